The second-order valence-electron chi connectivity index (χ2n) is 32.9. The summed E-state index contributed by atoms with van der Waals surface area (Å²) in [5.41, 5.74) is 7.62. The first-order chi connectivity index (χ1) is 61.7. The molecule has 19 rings (SSSR count). The van der Waals surface area contributed by atoms with Gasteiger partial charge in [-0.25, -0.2) is 0 Å². The smallest absolute Gasteiger partial charge is 1.00 e. The Morgan fingerprint density at radius 1 is 0.285 bits per heavy atom. The molecule has 0 aromatic heterocycles. The van der Waals surface area contributed by atoms with Crippen LogP contribution in [0.3, 0.4) is 0 Å². The molecule has 26 heteroatoms. The van der Waals surface area contributed by atoms with Gasteiger partial charge in [0.2, 0.25) is 0 Å². The molecule has 0 saturated carbocycles. The van der Waals surface area contributed by atoms with Crippen molar-refractivity contribution >= 4 is 186 Å². The number of benzene rings is 15. The van der Waals surface area contributed by atoms with E-state index in [1.54, 1.807) is 60.7 Å². The minimum Gasteiger partial charge on any atom is -1.00 e. The molecule has 8 amide bonds. The van der Waals surface area contributed by atoms with Crippen LogP contribution in [0.5, 0.6) is 51.7 Å². The van der Waals surface area contributed by atoms with E-state index in [9.17, 15) is 19.2 Å². The Labute approximate surface area is 857 Å². The number of ether oxygens (including phenoxy) is 4. The van der Waals surface area contributed by atoms with E-state index in [0.717, 1.165) is 73.6 Å². The molecule has 0 aliphatic carbocycles. The third-order valence-electron chi connectivity index (χ3n) is 24.1. The summed E-state index contributed by atoms with van der Waals surface area (Å²) in [5.74, 6) is 0.0812. The van der Waals surface area contributed by atoms with Crippen LogP contribution >= 0.6 is 46.4 Å². The van der Waals surface area contributed by atoms with Crippen molar-refractivity contribution in [1.29, 1.82) is 0 Å². The number of nitrogens with zero attached hydrogens (tertiary/aromatic N) is 4. The van der Waals surface area contributed by atoms with E-state index >= 15 is 19.2 Å². The van der Waals surface area contributed by atoms with Gasteiger partial charge >= 0.3 is 103 Å². The number of carbonyl (C=O) groups excluding carboxylic acids is 9. The average Bonchev–Trinajstić information content (AvgIpc) is 0.678. The summed E-state index contributed by atoms with van der Waals surface area (Å²) in [6.45, 7) is 19.1. The third-order valence-corrected chi connectivity index (χ3v) is 25.3. The SMILES string of the molecule is CCCCCN1C(=O)c2cc(Cl)c3c4c(Cl)cc5c6c(cc(Cl)c(c7c(Cl)cc(c2c37)C1=O)c64)C(=O)N(CCCCC)C5=O.CCCCCN1C(=O)c2cc(Oc3ccc(C)cc3)c3c4c(Oc5ccc(C)cc5)cc5c6c(cc(Oc7ccc(C)cc7)c(c7c(Oc8ccc(C)cc8)cc(c2c37)C1=O)c64)C(=O)N(CCCCC)C5=O.Cc1ccc(O)cc1.O=CO[O-].[H-].[K+].[K+]. The molecule has 652 valence electrons. The molecule has 20 nitrogen and oxygen atoms in total. The molecule has 0 unspecified atom stereocenters. The summed E-state index contributed by atoms with van der Waals surface area (Å²) in [7, 11) is 0. The van der Waals surface area contributed by atoms with Crippen LogP contribution in [0.1, 0.15) is 217 Å². The quantitative estimate of drug-likeness (QED) is 0.00815. The van der Waals surface area contributed by atoms with Crippen molar-refractivity contribution in [3.8, 4) is 51.7 Å². The number of fused-ring (bicyclic) bond motifs is 4. The zero-order valence-corrected chi connectivity index (χ0v) is 83.2. The number of hydrogen-bond donors (Lipinski definition) is 1. The van der Waals surface area contributed by atoms with Crippen molar-refractivity contribution in [1.82, 2.24) is 19.6 Å². The first-order valence-electron chi connectivity index (χ1n) is 43.0. The summed E-state index contributed by atoms with van der Waals surface area (Å²) in [4.78, 5) is 132. The summed E-state index contributed by atoms with van der Waals surface area (Å²) in [6.07, 6.45) is 9.75. The molecule has 0 spiro atoms. The Kier molecular flexibility index (Phi) is 30.3. The molecule has 0 radical (unpaired) electrons. The maximum absolute atomic E-state index is 15.1. The summed E-state index contributed by atoms with van der Waals surface area (Å²) in [6, 6.07) is 50.9. The van der Waals surface area contributed by atoms with Crippen LogP contribution in [-0.2, 0) is 9.68 Å². The number of phenols is 1. The van der Waals surface area contributed by atoms with Gasteiger partial charge in [-0.15, -0.1) is 0 Å². The number of halogens is 4. The van der Waals surface area contributed by atoms with E-state index in [-0.39, 0.29) is 179 Å². The number of aromatic hydroxyl groups is 1. The normalized spacial score (nSPS) is 13.2. The van der Waals surface area contributed by atoms with Gasteiger partial charge in [-0.3, -0.25) is 62.8 Å². The fourth-order valence-corrected chi connectivity index (χ4v) is 19.1. The Morgan fingerprint density at radius 3 is 0.638 bits per heavy atom. The molecule has 0 saturated heterocycles. The predicted molar refractivity (Wildman–Crippen MR) is 501 cm³/mol. The molecule has 130 heavy (non-hydrogen) atoms. The van der Waals surface area contributed by atoms with Gasteiger partial charge in [-0.1, -0.05) is 214 Å². The number of unbranched alkanes of at least 4 members (excludes halogenated alkanes) is 8. The summed E-state index contributed by atoms with van der Waals surface area (Å²) < 4.78 is 28.1. The van der Waals surface area contributed by atoms with Gasteiger partial charge < -0.3 is 35.6 Å². The predicted octanol–water partition coefficient (Wildman–Crippen LogP) is 19.9. The fourth-order valence-electron chi connectivity index (χ4n) is 17.9. The monoisotopic (exact) mass is 1870 g/mol. The first kappa shape index (κ1) is 96.4. The van der Waals surface area contributed by atoms with E-state index in [0.29, 0.717) is 186 Å². The van der Waals surface area contributed by atoms with E-state index in [1.807, 2.05) is 144 Å². The van der Waals surface area contributed by atoms with Gasteiger partial charge in [-0.2, -0.15) is 0 Å². The number of imide groups is 4. The van der Waals surface area contributed by atoms with Crippen LogP contribution in [-0.4, -0.2) is 105 Å². The van der Waals surface area contributed by atoms with Crippen molar-refractivity contribution in [2.75, 3.05) is 26.2 Å². The summed E-state index contributed by atoms with van der Waals surface area (Å²) >= 11 is 28.0. The van der Waals surface area contributed by atoms with Crippen molar-refractivity contribution < 1.29 is 182 Å². The number of amides is 8. The second-order valence-corrected chi connectivity index (χ2v) is 34.5. The van der Waals surface area contributed by atoms with Gasteiger partial charge in [0, 0.05) is 132 Å². The van der Waals surface area contributed by atoms with E-state index in [2.05, 4.69) is 32.6 Å². The zero-order valence-electron chi connectivity index (χ0n) is 74.9. The maximum Gasteiger partial charge on any atom is 1.00 e. The van der Waals surface area contributed by atoms with E-state index < -0.39 is 47.3 Å². The van der Waals surface area contributed by atoms with Gasteiger partial charge in [0.15, 0.2) is 0 Å². The number of aryl methyl sites for hydroxylation is 5. The largest absolute Gasteiger partial charge is 1.00 e. The second kappa shape index (κ2) is 40.8. The Morgan fingerprint density at radius 2 is 0.462 bits per heavy atom. The van der Waals surface area contributed by atoms with Crippen LogP contribution in [0.2, 0.25) is 20.1 Å². The Balaban J connectivity index is 0.000000210. The average molecular weight is 1870 g/mol. The first-order valence-corrected chi connectivity index (χ1v) is 44.5. The molecule has 4 aliphatic rings. The molecular formula is C104H90Cl4K2N4O16. The van der Waals surface area contributed by atoms with Crippen molar-refractivity contribution in [2.24, 2.45) is 0 Å². The third kappa shape index (κ3) is 17.9. The topological polar surface area (TPSA) is 256 Å². The van der Waals surface area contributed by atoms with Crippen LogP contribution in [0, 0.1) is 34.6 Å². The molecule has 4 heterocycles. The number of rotatable bonds is 25. The minimum absolute atomic E-state index is 0. The molecule has 15 aromatic rings. The van der Waals surface area contributed by atoms with Crippen molar-refractivity contribution in [3.05, 3.63) is 262 Å². The standard InChI is InChI=1S/C62H54N2O8.C34H26Cl4N2O4.C7H8O.CH2O3.2K.H/c1-7-9-11-29-63-59(65)43-31-47(69-39-21-13-35(3)14-22-39)53-55-49(71-41-25-17-37(5)18-26-41)33-45-52-46(62(68)64(61(45)67)30-12-10-8-2)34-50(72-42-27-19-38(6)20-28-42)56(58(52)55)54-48(70-40-23-15-36(4)16-24-40)32-44(60(63)66)51(43)57(53)54;1-3-5-7-9-39-31(41)15-11-19(35)25-27-21(37)13-17-24-18(34(44)40(33(17)43)10-8-6-4-2)14-22(38)28(30(24)27)26-20(36)12-16(32(39)42)23(15)29(25)26;1-6-2-4-7(8)5-3-6;2-1-4-3;;;/h13-28,31-34H,7-12,29-30H2,1-6H3;11-14H,3-10H2,1-2H3;2-5,8H,1H3;1,3H;;;/q;;;;2*+1;-1/p-1. The van der Waals surface area contributed by atoms with Gasteiger partial charge in [0.05, 0.1) is 44.5 Å². The number of phenolic OH excluding ortho intramolecular Hbond substituents is 1. The van der Waals surface area contributed by atoms with Gasteiger partial charge in [0.1, 0.15) is 51.7 Å². The molecule has 1 N–H and O–H groups in total. The van der Waals surface area contributed by atoms with E-state index in [4.69, 9.17) is 80.5 Å². The molecule has 0 bridgehead atoms. The van der Waals surface area contributed by atoms with Crippen LogP contribution in [0.4, 0.5) is 0 Å². The van der Waals surface area contributed by atoms with Crippen molar-refractivity contribution in [2.45, 2.75) is 139 Å². The van der Waals surface area contributed by atoms with Gasteiger partial charge in [0.25, 0.3) is 53.7 Å². The zero-order chi connectivity index (χ0) is 90.5. The summed E-state index contributed by atoms with van der Waals surface area (Å²) in [5, 5.41) is 25.7. The number of hydrogen-bond acceptors (Lipinski definition) is 16. The van der Waals surface area contributed by atoms with Crippen LogP contribution in [0.25, 0.3) is 86.2 Å². The van der Waals surface area contributed by atoms with Crippen LogP contribution < -0.4 is 127 Å². The maximum atomic E-state index is 15.1. The van der Waals surface area contributed by atoms with Crippen LogP contribution in [0.15, 0.2) is 170 Å². The Bertz CT molecular complexity index is 6310. The fraction of sp³-hybridized carbons (Fsp3) is 0.240. The Hall–Kier alpha value is -9.68. The molecule has 0 fully saturated rings. The number of carbonyl (C=O) groups is 9. The molecule has 0 atom stereocenters. The molecule has 4 aliphatic heterocycles. The van der Waals surface area contributed by atoms with Gasteiger partial charge in [-0.05, 0) is 169 Å². The molecule has 15 aromatic carbocycles. The minimum atomic E-state index is -0.440. The van der Waals surface area contributed by atoms with Crippen molar-refractivity contribution in [3.63, 3.8) is 0 Å². The van der Waals surface area contributed by atoms with E-state index in [1.165, 1.54) is 25.2 Å². The molecular weight excluding hydrogens is 1780 g/mol.